The maximum Gasteiger partial charge on any atom is 0.185 e. The highest BCUT2D eigenvalue weighted by molar-refractivity contribution is 7.15. The topological polar surface area (TPSA) is 33.1 Å². The van der Waals surface area contributed by atoms with Crippen LogP contribution < -0.4 is 10.3 Å². The van der Waals surface area contributed by atoms with Gasteiger partial charge in [0, 0.05) is 35.6 Å². The van der Waals surface area contributed by atoms with E-state index in [4.69, 9.17) is 0 Å². The summed E-state index contributed by atoms with van der Waals surface area (Å²) in [6.45, 7) is 11.4. The van der Waals surface area contributed by atoms with E-state index in [1.807, 2.05) is 6.20 Å². The van der Waals surface area contributed by atoms with Gasteiger partial charge in [-0.25, -0.2) is 4.98 Å². The lowest BCUT2D eigenvalue weighted by atomic mass is 10.5. The maximum absolute atomic E-state index is 4.50. The number of anilines is 1. The molecule has 0 aromatic carbocycles. The van der Waals surface area contributed by atoms with Crippen molar-refractivity contribution in [1.82, 2.24) is 9.66 Å². The lowest BCUT2D eigenvalue weighted by Crippen LogP contribution is -2.21. The minimum absolute atomic E-state index is 0.815. The number of nitrogens with zero attached hydrogens (tertiary/aromatic N) is 3. The molecule has 0 aliphatic heterocycles. The molecule has 4 nitrogen and oxygen atoms in total. The summed E-state index contributed by atoms with van der Waals surface area (Å²) in [5.74, 6) is 0. The Kier molecular flexibility index (Phi) is 4.47. The summed E-state index contributed by atoms with van der Waals surface area (Å²) in [6.07, 6.45) is 1.97. The van der Waals surface area contributed by atoms with Crippen molar-refractivity contribution in [1.29, 1.82) is 0 Å². The largest absolute Gasteiger partial charge is 0.349 e. The molecule has 0 saturated heterocycles. The summed E-state index contributed by atoms with van der Waals surface area (Å²) in [7, 11) is 0. The molecule has 0 radical (unpaired) electrons. The first kappa shape index (κ1) is 13.9. The van der Waals surface area contributed by atoms with E-state index in [2.05, 4.69) is 59.8 Å². The monoisotopic (exact) mass is 278 g/mol. The van der Waals surface area contributed by atoms with Crippen molar-refractivity contribution in [3.8, 4) is 0 Å². The van der Waals surface area contributed by atoms with Gasteiger partial charge in [-0.3, -0.25) is 4.68 Å². The molecule has 0 saturated carbocycles. The van der Waals surface area contributed by atoms with Gasteiger partial charge in [0.15, 0.2) is 5.13 Å². The first-order valence-corrected chi connectivity index (χ1v) is 7.55. The summed E-state index contributed by atoms with van der Waals surface area (Å²) >= 11 is 1.76. The van der Waals surface area contributed by atoms with Gasteiger partial charge < -0.3 is 10.3 Å². The van der Waals surface area contributed by atoms with Crippen molar-refractivity contribution < 1.29 is 0 Å². The maximum atomic E-state index is 4.50. The number of aromatic nitrogens is 2. The molecule has 0 aliphatic rings. The fraction of sp³-hybridized carbons (Fsp3) is 0.500. The smallest absolute Gasteiger partial charge is 0.185 e. The molecule has 0 fully saturated rings. The molecule has 0 aliphatic carbocycles. The number of hydrogen-bond donors (Lipinski definition) is 1. The van der Waals surface area contributed by atoms with Gasteiger partial charge in [0.2, 0.25) is 0 Å². The van der Waals surface area contributed by atoms with Crippen LogP contribution in [0, 0.1) is 13.8 Å². The SMILES string of the molecule is CCN(CC)c1ncc(CNn2c(C)ccc2C)s1. The van der Waals surface area contributed by atoms with Crippen LogP contribution in [0.15, 0.2) is 18.3 Å². The molecule has 0 unspecified atom stereocenters. The Morgan fingerprint density at radius 1 is 1.21 bits per heavy atom. The van der Waals surface area contributed by atoms with Gasteiger partial charge in [-0.1, -0.05) is 0 Å². The molecule has 0 amide bonds. The van der Waals surface area contributed by atoms with Crippen LogP contribution >= 0.6 is 11.3 Å². The van der Waals surface area contributed by atoms with Crippen molar-refractivity contribution in [2.75, 3.05) is 23.4 Å². The highest BCUT2D eigenvalue weighted by Gasteiger charge is 2.08. The minimum atomic E-state index is 0.815. The van der Waals surface area contributed by atoms with Crippen LogP contribution in [0.5, 0.6) is 0 Å². The summed E-state index contributed by atoms with van der Waals surface area (Å²) < 4.78 is 2.12. The van der Waals surface area contributed by atoms with Gasteiger partial charge in [-0.05, 0) is 39.8 Å². The Bertz CT molecular complexity index is 506. The molecule has 0 atom stereocenters. The zero-order valence-electron chi connectivity index (χ0n) is 12.1. The summed E-state index contributed by atoms with van der Waals surface area (Å²) in [4.78, 5) is 8.03. The molecular formula is C14H22N4S. The fourth-order valence-electron chi connectivity index (χ4n) is 2.09. The molecule has 2 heterocycles. The molecule has 2 aromatic heterocycles. The average molecular weight is 278 g/mol. The Morgan fingerprint density at radius 2 is 1.84 bits per heavy atom. The molecule has 2 rings (SSSR count). The second kappa shape index (κ2) is 6.10. The number of rotatable bonds is 6. The molecule has 5 heteroatoms. The van der Waals surface area contributed by atoms with E-state index in [0.29, 0.717) is 0 Å². The van der Waals surface area contributed by atoms with Crippen molar-refractivity contribution in [3.63, 3.8) is 0 Å². The number of thiazole rings is 1. The molecular weight excluding hydrogens is 256 g/mol. The van der Waals surface area contributed by atoms with Crippen LogP contribution in [0.3, 0.4) is 0 Å². The second-order valence-electron chi connectivity index (χ2n) is 4.57. The van der Waals surface area contributed by atoms with Crippen molar-refractivity contribution in [3.05, 3.63) is 34.6 Å². The van der Waals surface area contributed by atoms with Crippen LogP contribution in [0.25, 0.3) is 0 Å². The van der Waals surface area contributed by atoms with Crippen LogP contribution in [0.2, 0.25) is 0 Å². The Balaban J connectivity index is 2.01. The van der Waals surface area contributed by atoms with Gasteiger partial charge in [-0.15, -0.1) is 11.3 Å². The van der Waals surface area contributed by atoms with Gasteiger partial charge in [-0.2, -0.15) is 0 Å². The third kappa shape index (κ3) is 3.10. The first-order valence-electron chi connectivity index (χ1n) is 6.74. The van der Waals surface area contributed by atoms with Crippen LogP contribution in [-0.4, -0.2) is 22.7 Å². The molecule has 104 valence electrons. The van der Waals surface area contributed by atoms with Crippen LogP contribution in [0.1, 0.15) is 30.1 Å². The average Bonchev–Trinajstić information content (AvgIpc) is 2.98. The van der Waals surface area contributed by atoms with Crippen molar-refractivity contribution in [2.24, 2.45) is 0 Å². The molecule has 0 spiro atoms. The molecule has 1 N–H and O–H groups in total. The first-order chi connectivity index (χ1) is 9.15. The fourth-order valence-corrected chi connectivity index (χ4v) is 3.06. The third-order valence-corrected chi connectivity index (χ3v) is 4.32. The number of hydrogen-bond acceptors (Lipinski definition) is 4. The van der Waals surface area contributed by atoms with E-state index in [0.717, 1.165) is 24.8 Å². The summed E-state index contributed by atoms with van der Waals surface area (Å²) in [5.41, 5.74) is 5.89. The van der Waals surface area contributed by atoms with E-state index in [9.17, 15) is 0 Å². The minimum Gasteiger partial charge on any atom is -0.349 e. The van der Waals surface area contributed by atoms with Crippen molar-refractivity contribution >= 4 is 16.5 Å². The Labute approximate surface area is 119 Å². The van der Waals surface area contributed by atoms with E-state index in [1.54, 1.807) is 11.3 Å². The summed E-state index contributed by atoms with van der Waals surface area (Å²) in [5, 5.41) is 1.11. The molecule has 2 aromatic rings. The second-order valence-corrected chi connectivity index (χ2v) is 5.66. The zero-order chi connectivity index (χ0) is 13.8. The molecule has 19 heavy (non-hydrogen) atoms. The van der Waals surface area contributed by atoms with Crippen LogP contribution in [-0.2, 0) is 6.54 Å². The quantitative estimate of drug-likeness (QED) is 0.881. The van der Waals surface area contributed by atoms with Crippen molar-refractivity contribution in [2.45, 2.75) is 34.2 Å². The lowest BCUT2D eigenvalue weighted by molar-refractivity contribution is 0.796. The highest BCUT2D eigenvalue weighted by Crippen LogP contribution is 2.22. The standard InChI is InChI=1S/C14H22N4S/c1-5-17(6-2)14-15-9-13(19-14)10-16-18-11(3)7-8-12(18)4/h7-9,16H,5-6,10H2,1-4H3. The number of nitrogens with one attached hydrogen (secondary N) is 1. The third-order valence-electron chi connectivity index (χ3n) is 3.26. The van der Waals surface area contributed by atoms with E-state index in [-0.39, 0.29) is 0 Å². The van der Waals surface area contributed by atoms with Crippen LogP contribution in [0.4, 0.5) is 5.13 Å². The zero-order valence-corrected chi connectivity index (χ0v) is 12.9. The Morgan fingerprint density at radius 3 is 2.42 bits per heavy atom. The predicted molar refractivity (Wildman–Crippen MR) is 82.6 cm³/mol. The number of aryl methyl sites for hydroxylation is 2. The highest BCUT2D eigenvalue weighted by atomic mass is 32.1. The van der Waals surface area contributed by atoms with Gasteiger partial charge in [0.25, 0.3) is 0 Å². The van der Waals surface area contributed by atoms with E-state index < -0.39 is 0 Å². The summed E-state index contributed by atoms with van der Waals surface area (Å²) in [6, 6.07) is 4.24. The van der Waals surface area contributed by atoms with E-state index in [1.165, 1.54) is 16.3 Å². The molecule has 0 bridgehead atoms. The van der Waals surface area contributed by atoms with Gasteiger partial charge >= 0.3 is 0 Å². The Hall–Kier alpha value is -1.49. The van der Waals surface area contributed by atoms with E-state index >= 15 is 0 Å². The normalized spacial score (nSPS) is 10.7. The van der Waals surface area contributed by atoms with Gasteiger partial charge in [0.1, 0.15) is 0 Å². The lowest BCUT2D eigenvalue weighted by Gasteiger charge is -2.16. The van der Waals surface area contributed by atoms with Gasteiger partial charge in [0.05, 0.1) is 6.54 Å². The predicted octanol–water partition coefficient (Wildman–Crippen LogP) is 3.15.